The molecule has 1 fully saturated rings. The SMILES string of the molecule is CC.CC.CCOC(=O)N[C@@H]1CCN(c2nc(-c3ccccc3O)nc3ccccc23)C1. The number of ether oxygens (including phenoxy) is 1. The molecule has 7 nitrogen and oxygen atoms in total. The zero-order chi connectivity index (χ0) is 23.5. The van der Waals surface area contributed by atoms with Gasteiger partial charge in [0, 0.05) is 18.5 Å². The second-order valence-electron chi connectivity index (χ2n) is 6.70. The lowest BCUT2D eigenvalue weighted by atomic mass is 10.1. The Labute approximate surface area is 190 Å². The average molecular weight is 439 g/mol. The molecule has 32 heavy (non-hydrogen) atoms. The second-order valence-corrected chi connectivity index (χ2v) is 6.70. The van der Waals surface area contributed by atoms with Gasteiger partial charge < -0.3 is 20.1 Å². The van der Waals surface area contributed by atoms with Crippen molar-refractivity contribution in [3.63, 3.8) is 0 Å². The standard InChI is InChI=1S/C21H22N4O3.2C2H6/c1-2-28-21(27)22-14-11-12-25(13-14)20-15-7-3-5-9-17(15)23-19(24-20)16-8-4-6-10-18(16)26;2*1-2/h3-10,14,26H,2,11-13H2,1H3,(H,22,27);2*1-2H3/t14-;;/m1../s1. The molecule has 1 aliphatic heterocycles. The summed E-state index contributed by atoms with van der Waals surface area (Å²) in [6.07, 6.45) is 0.417. The number of nitrogens with one attached hydrogen (secondary N) is 1. The van der Waals surface area contributed by atoms with Crippen LogP contribution in [0.5, 0.6) is 5.75 Å². The lowest BCUT2D eigenvalue weighted by Gasteiger charge is -2.20. The van der Waals surface area contributed by atoms with Gasteiger partial charge >= 0.3 is 6.09 Å². The number of aromatic nitrogens is 2. The molecule has 2 N–H and O–H groups in total. The number of carbonyl (C=O) groups is 1. The molecule has 1 aromatic heterocycles. The van der Waals surface area contributed by atoms with E-state index in [4.69, 9.17) is 9.72 Å². The molecule has 0 unspecified atom stereocenters. The maximum absolute atomic E-state index is 11.7. The summed E-state index contributed by atoms with van der Waals surface area (Å²) in [5, 5.41) is 14.1. The van der Waals surface area contributed by atoms with Crippen molar-refractivity contribution in [2.45, 2.75) is 47.1 Å². The van der Waals surface area contributed by atoms with E-state index in [2.05, 4.69) is 15.2 Å². The molecule has 0 spiro atoms. The number of nitrogens with zero attached hydrogens (tertiary/aromatic N) is 3. The minimum absolute atomic E-state index is 0.00126. The molecule has 1 atom stereocenters. The first-order valence-corrected chi connectivity index (χ1v) is 11.4. The van der Waals surface area contributed by atoms with Crippen molar-refractivity contribution in [1.82, 2.24) is 15.3 Å². The molecule has 3 aromatic rings. The summed E-state index contributed by atoms with van der Waals surface area (Å²) in [5.41, 5.74) is 1.41. The largest absolute Gasteiger partial charge is 0.507 e. The highest BCUT2D eigenvalue weighted by Crippen LogP contribution is 2.32. The highest BCUT2D eigenvalue weighted by Gasteiger charge is 2.27. The van der Waals surface area contributed by atoms with Crippen LogP contribution in [0.1, 0.15) is 41.0 Å². The molecule has 1 saturated heterocycles. The number of rotatable bonds is 4. The molecule has 4 rings (SSSR count). The lowest BCUT2D eigenvalue weighted by molar-refractivity contribution is 0.149. The number of alkyl carbamates (subject to hydrolysis) is 1. The first-order valence-electron chi connectivity index (χ1n) is 11.4. The number of fused-ring (bicyclic) bond motifs is 1. The number of benzene rings is 2. The third kappa shape index (κ3) is 5.87. The number of anilines is 1. The Morgan fingerprint density at radius 3 is 2.50 bits per heavy atom. The Morgan fingerprint density at radius 1 is 1.09 bits per heavy atom. The Morgan fingerprint density at radius 2 is 1.78 bits per heavy atom. The summed E-state index contributed by atoms with van der Waals surface area (Å²) in [4.78, 5) is 23.3. The van der Waals surface area contributed by atoms with E-state index >= 15 is 0 Å². The second kappa shape index (κ2) is 12.5. The normalized spacial score (nSPS) is 14.7. The fourth-order valence-corrected chi connectivity index (χ4v) is 3.49. The van der Waals surface area contributed by atoms with Crippen LogP contribution in [-0.2, 0) is 4.74 Å². The van der Waals surface area contributed by atoms with Gasteiger partial charge in [-0.15, -0.1) is 0 Å². The van der Waals surface area contributed by atoms with Crippen LogP contribution in [0.15, 0.2) is 48.5 Å². The lowest BCUT2D eigenvalue weighted by Crippen LogP contribution is -2.37. The molecular weight excluding hydrogens is 404 g/mol. The summed E-state index contributed by atoms with van der Waals surface area (Å²) in [6, 6.07) is 14.9. The number of phenols is 1. The molecule has 0 aliphatic carbocycles. The van der Waals surface area contributed by atoms with E-state index < -0.39 is 6.09 Å². The number of aromatic hydroxyl groups is 1. The molecule has 1 aliphatic rings. The molecule has 0 radical (unpaired) electrons. The van der Waals surface area contributed by atoms with Gasteiger partial charge in [0.15, 0.2) is 5.82 Å². The number of para-hydroxylation sites is 2. The number of hydrogen-bond acceptors (Lipinski definition) is 6. The summed E-state index contributed by atoms with van der Waals surface area (Å²) < 4.78 is 4.98. The van der Waals surface area contributed by atoms with E-state index in [9.17, 15) is 9.90 Å². The van der Waals surface area contributed by atoms with Crippen molar-refractivity contribution in [2.75, 3.05) is 24.6 Å². The van der Waals surface area contributed by atoms with Crippen LogP contribution in [0.3, 0.4) is 0 Å². The predicted molar refractivity (Wildman–Crippen MR) is 130 cm³/mol. The first kappa shape index (κ1) is 24.9. The van der Waals surface area contributed by atoms with Crippen LogP contribution in [-0.4, -0.2) is 46.9 Å². The smallest absolute Gasteiger partial charge is 0.407 e. The van der Waals surface area contributed by atoms with Gasteiger partial charge in [-0.05, 0) is 37.6 Å². The van der Waals surface area contributed by atoms with Crippen LogP contribution in [0.2, 0.25) is 0 Å². The van der Waals surface area contributed by atoms with E-state index in [0.717, 1.165) is 29.7 Å². The molecule has 2 heterocycles. The fourth-order valence-electron chi connectivity index (χ4n) is 3.49. The highest BCUT2D eigenvalue weighted by atomic mass is 16.5. The van der Waals surface area contributed by atoms with Crippen molar-refractivity contribution < 1.29 is 14.6 Å². The van der Waals surface area contributed by atoms with Crippen LogP contribution >= 0.6 is 0 Å². The minimum Gasteiger partial charge on any atom is -0.507 e. The first-order chi connectivity index (χ1) is 15.7. The molecule has 7 heteroatoms. The van der Waals surface area contributed by atoms with E-state index in [0.29, 0.717) is 24.5 Å². The van der Waals surface area contributed by atoms with Crippen LogP contribution in [0.4, 0.5) is 10.6 Å². The molecule has 2 aromatic carbocycles. The summed E-state index contributed by atoms with van der Waals surface area (Å²) in [7, 11) is 0. The number of amides is 1. The molecule has 0 saturated carbocycles. The van der Waals surface area contributed by atoms with Crippen molar-refractivity contribution in [2.24, 2.45) is 0 Å². The van der Waals surface area contributed by atoms with Gasteiger partial charge in [0.05, 0.1) is 23.7 Å². The van der Waals surface area contributed by atoms with Gasteiger partial charge in [-0.1, -0.05) is 52.0 Å². The third-order valence-corrected chi connectivity index (χ3v) is 4.81. The average Bonchev–Trinajstić information content (AvgIpc) is 3.29. The Bertz CT molecular complexity index is 1010. The Kier molecular flexibility index (Phi) is 9.73. The summed E-state index contributed by atoms with van der Waals surface area (Å²) in [6.45, 7) is 11.5. The van der Waals surface area contributed by atoms with Gasteiger partial charge in [0.1, 0.15) is 11.6 Å². The zero-order valence-corrected chi connectivity index (χ0v) is 19.6. The van der Waals surface area contributed by atoms with Crippen molar-refractivity contribution in [3.05, 3.63) is 48.5 Å². The van der Waals surface area contributed by atoms with Crippen molar-refractivity contribution >= 4 is 22.8 Å². The van der Waals surface area contributed by atoms with E-state index in [1.165, 1.54) is 0 Å². The fraction of sp³-hybridized carbons (Fsp3) is 0.400. The topological polar surface area (TPSA) is 87.6 Å². The van der Waals surface area contributed by atoms with Crippen molar-refractivity contribution in [1.29, 1.82) is 0 Å². The van der Waals surface area contributed by atoms with Crippen molar-refractivity contribution in [3.8, 4) is 17.1 Å². The molecule has 172 valence electrons. The van der Waals surface area contributed by atoms with E-state index in [1.807, 2.05) is 58.0 Å². The Balaban J connectivity index is 0.000000860. The number of phenolic OH excluding ortho intramolecular Hbond substituents is 1. The minimum atomic E-state index is -0.392. The van der Waals surface area contributed by atoms with Gasteiger partial charge in [0.25, 0.3) is 0 Å². The van der Waals surface area contributed by atoms with Crippen LogP contribution in [0.25, 0.3) is 22.3 Å². The van der Waals surface area contributed by atoms with E-state index in [-0.39, 0.29) is 11.8 Å². The molecular formula is C25H34N4O3. The monoisotopic (exact) mass is 438 g/mol. The zero-order valence-electron chi connectivity index (χ0n) is 19.6. The number of carbonyl (C=O) groups excluding carboxylic acids is 1. The van der Waals surface area contributed by atoms with E-state index in [1.54, 1.807) is 25.1 Å². The quantitative estimate of drug-likeness (QED) is 0.569. The molecule has 0 bridgehead atoms. The summed E-state index contributed by atoms with van der Waals surface area (Å²) in [5.74, 6) is 1.43. The van der Waals surface area contributed by atoms with Gasteiger partial charge in [-0.25, -0.2) is 14.8 Å². The number of hydrogen-bond donors (Lipinski definition) is 2. The molecule has 1 amide bonds. The van der Waals surface area contributed by atoms with Gasteiger partial charge in [-0.2, -0.15) is 0 Å². The maximum Gasteiger partial charge on any atom is 0.407 e. The third-order valence-electron chi connectivity index (χ3n) is 4.81. The Hall–Kier alpha value is -3.35. The highest BCUT2D eigenvalue weighted by molar-refractivity contribution is 5.91. The summed E-state index contributed by atoms with van der Waals surface area (Å²) >= 11 is 0. The maximum atomic E-state index is 11.7. The van der Waals surface area contributed by atoms with Gasteiger partial charge in [0.2, 0.25) is 0 Å². The predicted octanol–water partition coefficient (Wildman–Crippen LogP) is 5.38. The van der Waals surface area contributed by atoms with Gasteiger partial charge in [-0.3, -0.25) is 0 Å². The van der Waals surface area contributed by atoms with Crippen LogP contribution in [0, 0.1) is 0 Å². The van der Waals surface area contributed by atoms with Crippen LogP contribution < -0.4 is 10.2 Å².